The number of rotatable bonds is 7. The van der Waals surface area contributed by atoms with Crippen molar-refractivity contribution in [1.29, 1.82) is 0 Å². The lowest BCUT2D eigenvalue weighted by Crippen LogP contribution is -2.47. The molecule has 0 bridgehead atoms. The number of hydrogen-bond acceptors (Lipinski definition) is 4. The highest BCUT2D eigenvalue weighted by atomic mass is 16.5. The Hall–Kier alpha value is -2.66. The second-order valence-corrected chi connectivity index (χ2v) is 6.35. The highest BCUT2D eigenvalue weighted by molar-refractivity contribution is 5.91. The van der Waals surface area contributed by atoms with Crippen LogP contribution in [0.3, 0.4) is 0 Å². The summed E-state index contributed by atoms with van der Waals surface area (Å²) in [6.45, 7) is 0.783. The lowest BCUT2D eigenvalue weighted by molar-refractivity contribution is -0.118. The van der Waals surface area contributed by atoms with Crippen molar-refractivity contribution in [2.24, 2.45) is 0 Å². The number of benzene rings is 1. The van der Waals surface area contributed by atoms with Crippen molar-refractivity contribution in [3.8, 4) is 5.75 Å². The summed E-state index contributed by atoms with van der Waals surface area (Å²) in [5.41, 5.74) is 1.22. The van der Waals surface area contributed by atoms with E-state index in [-0.39, 0.29) is 5.91 Å². The molecule has 1 aliphatic carbocycles. The van der Waals surface area contributed by atoms with Crippen LogP contribution >= 0.6 is 0 Å². The number of aliphatic hydroxyl groups is 1. The number of carbonyl (C=O) groups is 1. The van der Waals surface area contributed by atoms with E-state index in [0.717, 1.165) is 36.1 Å². The Bertz CT molecular complexity index is 722. The number of nitrogens with zero attached hydrogens (tertiary/aromatic N) is 1. The molecule has 2 N–H and O–H groups in total. The molecule has 1 fully saturated rings. The third-order valence-electron chi connectivity index (χ3n) is 4.31. The minimum absolute atomic E-state index is 0.197. The molecule has 0 radical (unpaired) electrons. The van der Waals surface area contributed by atoms with Crippen LogP contribution in [0.1, 0.15) is 30.4 Å². The zero-order valence-corrected chi connectivity index (χ0v) is 14.0. The van der Waals surface area contributed by atoms with E-state index in [2.05, 4.69) is 10.3 Å². The quantitative estimate of drug-likeness (QED) is 0.762. The molecule has 1 aliphatic rings. The summed E-state index contributed by atoms with van der Waals surface area (Å²) in [6, 6.07) is 11.4. The van der Waals surface area contributed by atoms with E-state index in [0.29, 0.717) is 13.2 Å². The first-order valence-corrected chi connectivity index (χ1v) is 8.43. The third kappa shape index (κ3) is 5.16. The topological polar surface area (TPSA) is 71.5 Å². The number of ether oxygens (including phenoxy) is 1. The molecule has 5 heteroatoms. The average Bonchev–Trinajstić information content (AvgIpc) is 2.63. The molecule has 0 atom stereocenters. The molecule has 0 aliphatic heterocycles. The molecule has 1 aromatic carbocycles. The normalized spacial score (nSPS) is 15.6. The monoisotopic (exact) mass is 338 g/mol. The summed E-state index contributed by atoms with van der Waals surface area (Å²) in [5, 5.41) is 12.7. The molecule has 2 aromatic rings. The number of aromatic nitrogens is 1. The lowest BCUT2D eigenvalue weighted by Gasteiger charge is -2.36. The van der Waals surface area contributed by atoms with Gasteiger partial charge in [-0.05, 0) is 49.1 Å². The van der Waals surface area contributed by atoms with Crippen molar-refractivity contribution < 1.29 is 14.6 Å². The van der Waals surface area contributed by atoms with Gasteiger partial charge in [0.05, 0.1) is 5.60 Å². The van der Waals surface area contributed by atoms with Gasteiger partial charge in [-0.15, -0.1) is 0 Å². The van der Waals surface area contributed by atoms with Crippen molar-refractivity contribution in [2.45, 2.75) is 31.5 Å². The van der Waals surface area contributed by atoms with Crippen molar-refractivity contribution in [3.05, 3.63) is 66.0 Å². The Morgan fingerprint density at radius 3 is 2.72 bits per heavy atom. The number of pyridine rings is 1. The van der Waals surface area contributed by atoms with Gasteiger partial charge in [-0.25, -0.2) is 0 Å². The number of carbonyl (C=O) groups excluding carboxylic acids is 1. The summed E-state index contributed by atoms with van der Waals surface area (Å²) >= 11 is 0. The first-order chi connectivity index (χ1) is 12.1. The largest absolute Gasteiger partial charge is 0.489 e. The fourth-order valence-electron chi connectivity index (χ4n) is 2.57. The molecule has 130 valence electrons. The molecule has 0 spiro atoms. The summed E-state index contributed by atoms with van der Waals surface area (Å²) in [4.78, 5) is 15.8. The van der Waals surface area contributed by atoms with Crippen LogP contribution in [0.25, 0.3) is 6.08 Å². The van der Waals surface area contributed by atoms with E-state index >= 15 is 0 Å². The SMILES string of the molecule is O=C(C=Cc1ccc(OCc2cccnc2)cc1)NCC1(O)CCC1. The zero-order chi connectivity index (χ0) is 17.5. The van der Waals surface area contributed by atoms with Gasteiger partial charge in [0.25, 0.3) is 0 Å². The summed E-state index contributed by atoms with van der Waals surface area (Å²) < 4.78 is 5.70. The third-order valence-corrected chi connectivity index (χ3v) is 4.31. The molecule has 3 rings (SSSR count). The van der Waals surface area contributed by atoms with Gasteiger partial charge in [-0.1, -0.05) is 18.2 Å². The molecular formula is C20H22N2O3. The zero-order valence-electron chi connectivity index (χ0n) is 14.0. The van der Waals surface area contributed by atoms with E-state index in [1.165, 1.54) is 6.08 Å². The van der Waals surface area contributed by atoms with Crippen LogP contribution in [0.5, 0.6) is 5.75 Å². The first kappa shape index (κ1) is 17.2. The van der Waals surface area contributed by atoms with E-state index < -0.39 is 5.60 Å². The summed E-state index contributed by atoms with van der Waals surface area (Å²) in [6.07, 6.45) is 9.27. The Morgan fingerprint density at radius 2 is 2.08 bits per heavy atom. The Morgan fingerprint density at radius 1 is 1.28 bits per heavy atom. The van der Waals surface area contributed by atoms with Gasteiger partial charge in [-0.2, -0.15) is 0 Å². The minimum Gasteiger partial charge on any atom is -0.489 e. The second kappa shape index (κ2) is 7.94. The van der Waals surface area contributed by atoms with Gasteiger partial charge in [0.15, 0.2) is 0 Å². The molecule has 25 heavy (non-hydrogen) atoms. The Labute approximate surface area is 147 Å². The highest BCUT2D eigenvalue weighted by Crippen LogP contribution is 2.30. The van der Waals surface area contributed by atoms with Crippen LogP contribution in [-0.4, -0.2) is 28.1 Å². The van der Waals surface area contributed by atoms with Crippen LogP contribution in [0, 0.1) is 0 Å². The summed E-state index contributed by atoms with van der Waals surface area (Å²) in [7, 11) is 0. The van der Waals surface area contributed by atoms with Gasteiger partial charge in [0.2, 0.25) is 5.91 Å². The van der Waals surface area contributed by atoms with Crippen LogP contribution in [0.4, 0.5) is 0 Å². The van der Waals surface area contributed by atoms with Crippen LogP contribution < -0.4 is 10.1 Å². The van der Waals surface area contributed by atoms with E-state index in [1.807, 2.05) is 36.4 Å². The second-order valence-electron chi connectivity index (χ2n) is 6.35. The average molecular weight is 338 g/mol. The molecule has 1 saturated carbocycles. The van der Waals surface area contributed by atoms with E-state index in [1.54, 1.807) is 18.5 Å². The van der Waals surface area contributed by atoms with Gasteiger partial charge in [0.1, 0.15) is 12.4 Å². The van der Waals surface area contributed by atoms with Crippen LogP contribution in [0.15, 0.2) is 54.9 Å². The Kier molecular flexibility index (Phi) is 5.46. The molecular weight excluding hydrogens is 316 g/mol. The number of amides is 1. The predicted octanol–water partition coefficient (Wildman–Crippen LogP) is 2.71. The molecule has 0 unspecified atom stereocenters. The van der Waals surface area contributed by atoms with Crippen LogP contribution in [-0.2, 0) is 11.4 Å². The maximum absolute atomic E-state index is 11.8. The standard InChI is InChI=1S/C20H22N2O3/c23-19(22-15-20(24)10-2-11-20)9-6-16-4-7-18(8-5-16)25-14-17-3-1-12-21-13-17/h1,3-9,12-13,24H,2,10-11,14-15H2,(H,22,23). The van der Waals surface area contributed by atoms with Crippen molar-refractivity contribution in [2.75, 3.05) is 6.54 Å². The number of nitrogens with one attached hydrogen (secondary N) is 1. The van der Waals surface area contributed by atoms with E-state index in [4.69, 9.17) is 4.74 Å². The summed E-state index contributed by atoms with van der Waals surface area (Å²) in [5.74, 6) is 0.565. The fraction of sp³-hybridized carbons (Fsp3) is 0.300. The highest BCUT2D eigenvalue weighted by Gasteiger charge is 2.34. The predicted molar refractivity (Wildman–Crippen MR) is 95.9 cm³/mol. The Balaban J connectivity index is 1.45. The van der Waals surface area contributed by atoms with E-state index in [9.17, 15) is 9.90 Å². The lowest BCUT2D eigenvalue weighted by atomic mass is 9.80. The minimum atomic E-state index is -0.698. The van der Waals surface area contributed by atoms with Crippen molar-refractivity contribution in [1.82, 2.24) is 10.3 Å². The molecule has 1 heterocycles. The maximum atomic E-state index is 11.8. The van der Waals surface area contributed by atoms with Crippen LogP contribution in [0.2, 0.25) is 0 Å². The van der Waals surface area contributed by atoms with Crippen molar-refractivity contribution in [3.63, 3.8) is 0 Å². The van der Waals surface area contributed by atoms with Gasteiger partial charge in [0, 0.05) is 30.6 Å². The smallest absolute Gasteiger partial charge is 0.244 e. The van der Waals surface area contributed by atoms with Gasteiger partial charge >= 0.3 is 0 Å². The molecule has 5 nitrogen and oxygen atoms in total. The molecule has 1 amide bonds. The number of hydrogen-bond donors (Lipinski definition) is 2. The first-order valence-electron chi connectivity index (χ1n) is 8.43. The van der Waals surface area contributed by atoms with Gasteiger partial charge in [-0.3, -0.25) is 9.78 Å². The molecule has 0 saturated heterocycles. The maximum Gasteiger partial charge on any atom is 0.244 e. The van der Waals surface area contributed by atoms with Gasteiger partial charge < -0.3 is 15.2 Å². The van der Waals surface area contributed by atoms with Crippen molar-refractivity contribution >= 4 is 12.0 Å². The fourth-order valence-corrected chi connectivity index (χ4v) is 2.57. The molecule has 1 aromatic heterocycles.